The molecule has 1 heterocycles. The van der Waals surface area contributed by atoms with Crippen LogP contribution >= 0.6 is 0 Å². The number of phenolic OH excluding ortho intramolecular Hbond substituents is 1. The van der Waals surface area contributed by atoms with Crippen LogP contribution in [0.3, 0.4) is 0 Å². The van der Waals surface area contributed by atoms with Crippen molar-refractivity contribution in [3.8, 4) is 11.5 Å². The quantitative estimate of drug-likeness (QED) is 0.783. The third-order valence-electron chi connectivity index (χ3n) is 4.38. The van der Waals surface area contributed by atoms with Gasteiger partial charge in [0.1, 0.15) is 18.1 Å². The number of nitrogens with one attached hydrogen (secondary N) is 1. The Balaban J connectivity index is 1.62. The van der Waals surface area contributed by atoms with Gasteiger partial charge in [-0.25, -0.2) is 0 Å². The van der Waals surface area contributed by atoms with Crippen LogP contribution in [0.2, 0.25) is 0 Å². The van der Waals surface area contributed by atoms with E-state index >= 15 is 0 Å². The molecule has 1 fully saturated rings. The first-order valence-corrected chi connectivity index (χ1v) is 7.07. The predicted octanol–water partition coefficient (Wildman–Crippen LogP) is 1.92. The highest BCUT2D eigenvalue weighted by atomic mass is 16.5. The van der Waals surface area contributed by atoms with Crippen molar-refractivity contribution in [3.63, 3.8) is 0 Å². The van der Waals surface area contributed by atoms with Crippen LogP contribution in [0.25, 0.3) is 0 Å². The number of hydrogen-bond donors (Lipinski definition) is 3. The first-order chi connectivity index (χ1) is 9.65. The van der Waals surface area contributed by atoms with E-state index in [-0.39, 0.29) is 23.6 Å². The number of ether oxygens (including phenoxy) is 1. The van der Waals surface area contributed by atoms with Crippen LogP contribution in [-0.2, 0) is 4.79 Å². The zero-order valence-electron chi connectivity index (χ0n) is 11.2. The number of rotatable bonds is 4. The Hall–Kier alpha value is -1.75. The van der Waals surface area contributed by atoms with Gasteiger partial charge in [0.25, 0.3) is 0 Å². The number of carboxylic acid groups (broad SMARTS) is 1. The zero-order valence-corrected chi connectivity index (χ0v) is 11.2. The lowest BCUT2D eigenvalue weighted by atomic mass is 9.95. The summed E-state index contributed by atoms with van der Waals surface area (Å²) >= 11 is 0. The standard InChI is InChI=1S/C15H19NO4/c17-10-4-5-12-13(8-20-14(12)6-10)16-7-9-2-1-3-11(9)15(18)19/h4-6,9,11,13,16-17H,1-3,7-8H2,(H,18,19). The number of benzene rings is 1. The van der Waals surface area contributed by atoms with Gasteiger partial charge < -0.3 is 20.3 Å². The average molecular weight is 277 g/mol. The molecule has 0 bridgehead atoms. The molecule has 3 atom stereocenters. The summed E-state index contributed by atoms with van der Waals surface area (Å²) in [4.78, 5) is 11.2. The first-order valence-electron chi connectivity index (χ1n) is 7.07. The summed E-state index contributed by atoms with van der Waals surface area (Å²) in [5, 5.41) is 22.0. The van der Waals surface area contributed by atoms with Gasteiger partial charge in [-0.2, -0.15) is 0 Å². The summed E-state index contributed by atoms with van der Waals surface area (Å²) < 4.78 is 5.54. The lowest BCUT2D eigenvalue weighted by molar-refractivity contribution is -0.142. The van der Waals surface area contributed by atoms with Crippen LogP contribution in [0.15, 0.2) is 18.2 Å². The molecule has 1 aliphatic carbocycles. The number of aliphatic carboxylic acids is 1. The third-order valence-corrected chi connectivity index (χ3v) is 4.38. The van der Waals surface area contributed by atoms with E-state index in [9.17, 15) is 15.0 Å². The van der Waals surface area contributed by atoms with Crippen LogP contribution in [0, 0.1) is 11.8 Å². The molecule has 2 aliphatic rings. The Morgan fingerprint density at radius 1 is 1.40 bits per heavy atom. The fourth-order valence-corrected chi connectivity index (χ4v) is 3.27. The molecule has 1 aromatic carbocycles. The predicted molar refractivity (Wildman–Crippen MR) is 72.8 cm³/mol. The summed E-state index contributed by atoms with van der Waals surface area (Å²) in [5.74, 6) is 0.218. The summed E-state index contributed by atoms with van der Waals surface area (Å²) in [6.45, 7) is 1.23. The van der Waals surface area contributed by atoms with E-state index in [2.05, 4.69) is 5.32 Å². The molecule has 108 valence electrons. The molecule has 5 heteroatoms. The largest absolute Gasteiger partial charge is 0.508 e. The Bertz CT molecular complexity index is 517. The molecular weight excluding hydrogens is 258 g/mol. The second-order valence-electron chi connectivity index (χ2n) is 5.63. The first kappa shape index (κ1) is 13.2. The minimum Gasteiger partial charge on any atom is -0.508 e. The Morgan fingerprint density at radius 2 is 2.25 bits per heavy atom. The fraction of sp³-hybridized carbons (Fsp3) is 0.533. The van der Waals surface area contributed by atoms with Crippen LogP contribution in [-0.4, -0.2) is 29.3 Å². The van der Waals surface area contributed by atoms with Gasteiger partial charge in [0.15, 0.2) is 0 Å². The van der Waals surface area contributed by atoms with E-state index in [1.165, 1.54) is 0 Å². The van der Waals surface area contributed by atoms with E-state index in [4.69, 9.17) is 4.74 Å². The summed E-state index contributed by atoms with van der Waals surface area (Å²) in [5.41, 5.74) is 1.03. The molecule has 0 spiro atoms. The van der Waals surface area contributed by atoms with Gasteiger partial charge in [0.05, 0.1) is 12.0 Å². The van der Waals surface area contributed by atoms with Crippen molar-refractivity contribution >= 4 is 5.97 Å². The maximum atomic E-state index is 11.2. The SMILES string of the molecule is O=C(O)C1CCCC1CNC1COc2cc(O)ccc21. The second kappa shape index (κ2) is 5.32. The van der Waals surface area contributed by atoms with Crippen molar-refractivity contribution in [2.75, 3.05) is 13.2 Å². The summed E-state index contributed by atoms with van der Waals surface area (Å²) in [7, 11) is 0. The molecule has 5 nitrogen and oxygen atoms in total. The van der Waals surface area contributed by atoms with Crippen molar-refractivity contribution in [1.29, 1.82) is 0 Å². The normalized spacial score (nSPS) is 28.1. The smallest absolute Gasteiger partial charge is 0.306 e. The molecule has 0 amide bonds. The van der Waals surface area contributed by atoms with Gasteiger partial charge in [0.2, 0.25) is 0 Å². The molecule has 1 aromatic rings. The highest BCUT2D eigenvalue weighted by Gasteiger charge is 2.34. The number of hydrogen-bond acceptors (Lipinski definition) is 4. The Kier molecular flexibility index (Phi) is 3.53. The number of carbonyl (C=O) groups is 1. The molecule has 0 aromatic heterocycles. The van der Waals surface area contributed by atoms with Crippen LogP contribution in [0.4, 0.5) is 0 Å². The topological polar surface area (TPSA) is 78.8 Å². The van der Waals surface area contributed by atoms with E-state index in [1.807, 2.05) is 6.07 Å². The number of aromatic hydroxyl groups is 1. The summed E-state index contributed by atoms with van der Waals surface area (Å²) in [6.07, 6.45) is 2.75. The molecular formula is C15H19NO4. The Morgan fingerprint density at radius 3 is 3.05 bits per heavy atom. The van der Waals surface area contributed by atoms with Crippen molar-refractivity contribution in [1.82, 2.24) is 5.32 Å². The lowest BCUT2D eigenvalue weighted by Gasteiger charge is -2.19. The highest BCUT2D eigenvalue weighted by Crippen LogP contribution is 2.36. The van der Waals surface area contributed by atoms with Crippen molar-refractivity contribution in [3.05, 3.63) is 23.8 Å². The molecule has 0 radical (unpaired) electrons. The minimum atomic E-state index is -0.678. The molecule has 1 aliphatic heterocycles. The summed E-state index contributed by atoms with van der Waals surface area (Å²) in [6, 6.07) is 5.21. The van der Waals surface area contributed by atoms with Gasteiger partial charge in [0, 0.05) is 11.6 Å². The van der Waals surface area contributed by atoms with Gasteiger partial charge in [-0.3, -0.25) is 4.79 Å². The number of fused-ring (bicyclic) bond motifs is 1. The average Bonchev–Trinajstić information content (AvgIpc) is 3.01. The second-order valence-corrected chi connectivity index (χ2v) is 5.63. The maximum absolute atomic E-state index is 11.2. The van der Waals surface area contributed by atoms with Crippen LogP contribution in [0.1, 0.15) is 30.9 Å². The van der Waals surface area contributed by atoms with Gasteiger partial charge >= 0.3 is 5.97 Å². The molecule has 20 heavy (non-hydrogen) atoms. The molecule has 0 saturated heterocycles. The van der Waals surface area contributed by atoms with Gasteiger partial charge in [-0.1, -0.05) is 6.42 Å². The maximum Gasteiger partial charge on any atom is 0.306 e. The fourth-order valence-electron chi connectivity index (χ4n) is 3.27. The highest BCUT2D eigenvalue weighted by molar-refractivity contribution is 5.70. The van der Waals surface area contributed by atoms with Crippen molar-refractivity contribution in [2.45, 2.75) is 25.3 Å². The van der Waals surface area contributed by atoms with E-state index in [0.717, 1.165) is 24.8 Å². The van der Waals surface area contributed by atoms with Gasteiger partial charge in [-0.15, -0.1) is 0 Å². The van der Waals surface area contributed by atoms with E-state index in [1.54, 1.807) is 12.1 Å². The van der Waals surface area contributed by atoms with E-state index < -0.39 is 5.97 Å². The third kappa shape index (κ3) is 2.45. The molecule has 3 N–H and O–H groups in total. The Labute approximate surface area is 117 Å². The van der Waals surface area contributed by atoms with Crippen molar-refractivity contribution in [2.24, 2.45) is 11.8 Å². The lowest BCUT2D eigenvalue weighted by Crippen LogP contribution is -2.32. The van der Waals surface area contributed by atoms with Crippen LogP contribution in [0.5, 0.6) is 11.5 Å². The number of phenols is 1. The molecule has 1 saturated carbocycles. The van der Waals surface area contributed by atoms with Crippen molar-refractivity contribution < 1.29 is 19.7 Å². The minimum absolute atomic E-state index is 0.0839. The van der Waals surface area contributed by atoms with Gasteiger partial charge in [-0.05, 0) is 37.4 Å². The van der Waals surface area contributed by atoms with Crippen LogP contribution < -0.4 is 10.1 Å². The van der Waals surface area contributed by atoms with E-state index in [0.29, 0.717) is 18.9 Å². The molecule has 3 unspecified atom stereocenters. The zero-order chi connectivity index (χ0) is 14.1. The molecule has 3 rings (SSSR count). The monoisotopic (exact) mass is 277 g/mol. The number of carboxylic acids is 1.